The molecule has 1 aromatic heterocycles. The number of aliphatic hydroxyl groups excluding tert-OH is 2. The van der Waals surface area contributed by atoms with Gasteiger partial charge in [-0.3, -0.25) is 9.59 Å². The number of ether oxygens (including phenoxy) is 2. The van der Waals surface area contributed by atoms with Crippen LogP contribution < -0.4 is 5.43 Å². The molecule has 11 atom stereocenters. The highest BCUT2D eigenvalue weighted by molar-refractivity contribution is 5.85. The first kappa shape index (κ1) is 29.0. The Morgan fingerprint density at radius 3 is 2.14 bits per heavy atom. The molecule has 0 saturated carbocycles. The van der Waals surface area contributed by atoms with Crippen molar-refractivity contribution in [1.82, 2.24) is 0 Å². The molecule has 0 aliphatic carbocycles. The number of ketones is 1. The molecule has 2 aliphatic rings. The van der Waals surface area contributed by atoms with Crippen LogP contribution in [-0.2, 0) is 14.3 Å². The predicted octanol–water partition coefficient (Wildman–Crippen LogP) is 3.36. The molecule has 0 radical (unpaired) electrons. The number of Topliss-reactive ketones (excluding diaryl/α,β-unsaturated/α-hetero) is 1. The lowest BCUT2D eigenvalue weighted by atomic mass is 9.67. The third kappa shape index (κ3) is 4.19. The molecular weight excluding hydrogens is 464 g/mol. The number of carbonyl (C=O) groups excluding carboxylic acids is 1. The molecule has 0 aromatic carbocycles. The van der Waals surface area contributed by atoms with E-state index in [1.807, 2.05) is 13.8 Å². The summed E-state index contributed by atoms with van der Waals surface area (Å²) in [6, 6.07) is 0. The van der Waals surface area contributed by atoms with Gasteiger partial charge in [-0.2, -0.15) is 0 Å². The van der Waals surface area contributed by atoms with Crippen LogP contribution in [0.5, 0.6) is 0 Å². The third-order valence-corrected chi connectivity index (χ3v) is 9.33. The van der Waals surface area contributed by atoms with Crippen LogP contribution in [0.3, 0.4) is 0 Å². The summed E-state index contributed by atoms with van der Waals surface area (Å²) in [6.45, 7) is 17.3. The molecule has 0 unspecified atom stereocenters. The van der Waals surface area contributed by atoms with Gasteiger partial charge in [-0.05, 0) is 27.2 Å². The van der Waals surface area contributed by atoms with Crippen LogP contribution in [0.15, 0.2) is 9.21 Å². The van der Waals surface area contributed by atoms with Crippen molar-refractivity contribution in [3.05, 3.63) is 32.9 Å². The van der Waals surface area contributed by atoms with Gasteiger partial charge in [-0.15, -0.1) is 0 Å². The SMILES string of the molecule is CC[C@H](O)[C@@H](C)[C@@H]1O[C@@]2(O[C@@](O)([C@H](C)c3oc(C)c(C)c(=O)c3C)[C@H](C)[C@H](O)[C@@H]2C)[C@@H](C)C(=O)[C@H]1C. The molecule has 8 heteroatoms. The van der Waals surface area contributed by atoms with Crippen molar-refractivity contribution in [3.8, 4) is 0 Å². The summed E-state index contributed by atoms with van der Waals surface area (Å²) >= 11 is 0. The molecule has 2 fully saturated rings. The molecular formula is C28H44O8. The van der Waals surface area contributed by atoms with Gasteiger partial charge in [0.05, 0.1) is 30.1 Å². The van der Waals surface area contributed by atoms with Crippen LogP contribution in [0.25, 0.3) is 0 Å². The van der Waals surface area contributed by atoms with Gasteiger partial charge in [0.2, 0.25) is 0 Å². The summed E-state index contributed by atoms with van der Waals surface area (Å²) in [4.78, 5) is 26.3. The Hall–Kier alpha value is -1.58. The van der Waals surface area contributed by atoms with Crippen molar-refractivity contribution in [2.75, 3.05) is 0 Å². The van der Waals surface area contributed by atoms with Crippen LogP contribution >= 0.6 is 0 Å². The maximum Gasteiger partial charge on any atom is 0.191 e. The molecule has 204 valence electrons. The second kappa shape index (κ2) is 9.95. The van der Waals surface area contributed by atoms with Crippen molar-refractivity contribution < 1.29 is 34.0 Å². The Kier molecular flexibility index (Phi) is 8.01. The fourth-order valence-corrected chi connectivity index (χ4v) is 6.25. The highest BCUT2D eigenvalue weighted by Gasteiger charge is 2.66. The van der Waals surface area contributed by atoms with Gasteiger partial charge in [0.15, 0.2) is 17.0 Å². The maximum absolute atomic E-state index is 13.5. The fourth-order valence-electron chi connectivity index (χ4n) is 6.25. The maximum atomic E-state index is 13.5. The zero-order valence-corrected chi connectivity index (χ0v) is 23.3. The van der Waals surface area contributed by atoms with E-state index < -0.39 is 59.5 Å². The summed E-state index contributed by atoms with van der Waals surface area (Å²) in [5.41, 5.74) is 0.676. The lowest BCUT2D eigenvalue weighted by Crippen LogP contribution is -2.72. The highest BCUT2D eigenvalue weighted by atomic mass is 16.8. The van der Waals surface area contributed by atoms with E-state index in [1.165, 1.54) is 0 Å². The zero-order chi connectivity index (χ0) is 27.5. The van der Waals surface area contributed by atoms with Crippen molar-refractivity contribution in [2.45, 2.75) is 111 Å². The molecule has 36 heavy (non-hydrogen) atoms. The Labute approximate surface area is 214 Å². The average molecular weight is 509 g/mol. The van der Waals surface area contributed by atoms with Gasteiger partial charge in [0.25, 0.3) is 0 Å². The van der Waals surface area contributed by atoms with E-state index in [0.29, 0.717) is 23.3 Å². The normalized spacial score (nSPS) is 39.8. The predicted molar refractivity (Wildman–Crippen MR) is 134 cm³/mol. The molecule has 3 heterocycles. The molecule has 8 nitrogen and oxygen atoms in total. The number of carbonyl (C=O) groups is 1. The van der Waals surface area contributed by atoms with E-state index in [0.717, 1.165) is 0 Å². The number of hydrogen-bond donors (Lipinski definition) is 3. The van der Waals surface area contributed by atoms with Crippen LogP contribution in [0.1, 0.15) is 83.5 Å². The third-order valence-electron chi connectivity index (χ3n) is 9.33. The van der Waals surface area contributed by atoms with Gasteiger partial charge < -0.3 is 29.2 Å². The first-order valence-corrected chi connectivity index (χ1v) is 13.2. The topological polar surface area (TPSA) is 126 Å². The van der Waals surface area contributed by atoms with E-state index in [9.17, 15) is 24.9 Å². The molecule has 1 aromatic rings. The van der Waals surface area contributed by atoms with E-state index in [2.05, 4.69) is 0 Å². The minimum Gasteiger partial charge on any atom is -0.465 e. The van der Waals surface area contributed by atoms with Gasteiger partial charge >= 0.3 is 0 Å². The summed E-state index contributed by atoms with van der Waals surface area (Å²) in [5.74, 6) is -7.04. The van der Waals surface area contributed by atoms with Crippen LogP contribution in [-0.4, -0.2) is 51.0 Å². The fraction of sp³-hybridized carbons (Fsp3) is 0.786. The Balaban J connectivity index is 2.15. The number of aryl methyl sites for hydroxylation is 1. The molecule has 3 rings (SSSR count). The van der Waals surface area contributed by atoms with E-state index in [4.69, 9.17) is 13.9 Å². The van der Waals surface area contributed by atoms with Crippen LogP contribution in [0.4, 0.5) is 0 Å². The average Bonchev–Trinajstić information content (AvgIpc) is 2.86. The van der Waals surface area contributed by atoms with E-state index in [1.54, 1.807) is 55.4 Å². The molecule has 0 bridgehead atoms. The van der Waals surface area contributed by atoms with Gasteiger partial charge in [-0.1, -0.05) is 48.5 Å². The smallest absolute Gasteiger partial charge is 0.191 e. The summed E-state index contributed by atoms with van der Waals surface area (Å²) in [6.07, 6.45) is -1.95. The van der Waals surface area contributed by atoms with Crippen molar-refractivity contribution in [3.63, 3.8) is 0 Å². The van der Waals surface area contributed by atoms with E-state index >= 15 is 0 Å². The second-order valence-electron chi connectivity index (χ2n) is 11.3. The van der Waals surface area contributed by atoms with Gasteiger partial charge in [0.1, 0.15) is 17.3 Å². The molecule has 1 spiro atoms. The standard InChI is InChI=1S/C28H44O8/c1-11-21(29)13(3)25-15(5)23(31)17(7)28(35-25)18(8)24(32)16(6)27(33,36-28)19(9)26-14(4)22(30)12(2)20(10)34-26/h13,15-19,21,24-25,29,32-33H,11H2,1-10H3/t13-,15-,16-,17+,18+,19-,21+,24+,25+,27-,28-/m1/s1. The monoisotopic (exact) mass is 508 g/mol. The van der Waals surface area contributed by atoms with Crippen molar-refractivity contribution in [2.24, 2.45) is 29.6 Å². The summed E-state index contributed by atoms with van der Waals surface area (Å²) < 4.78 is 19.1. The molecule has 3 N–H and O–H groups in total. The second-order valence-corrected chi connectivity index (χ2v) is 11.3. The minimum atomic E-state index is -2.01. The van der Waals surface area contributed by atoms with Crippen LogP contribution in [0, 0.1) is 50.4 Å². The number of hydrogen-bond acceptors (Lipinski definition) is 8. The number of aliphatic hydroxyl groups is 3. The molecule has 2 aliphatic heterocycles. The van der Waals surface area contributed by atoms with Gasteiger partial charge in [-0.25, -0.2) is 0 Å². The minimum absolute atomic E-state index is 0.112. The van der Waals surface area contributed by atoms with Crippen LogP contribution in [0.2, 0.25) is 0 Å². The summed E-state index contributed by atoms with van der Waals surface area (Å²) in [7, 11) is 0. The Bertz CT molecular complexity index is 1050. The first-order chi connectivity index (χ1) is 16.6. The Morgan fingerprint density at radius 2 is 1.58 bits per heavy atom. The Morgan fingerprint density at radius 1 is 1.00 bits per heavy atom. The molecule has 0 amide bonds. The highest BCUT2D eigenvalue weighted by Crippen LogP contribution is 2.54. The van der Waals surface area contributed by atoms with Crippen molar-refractivity contribution in [1.29, 1.82) is 0 Å². The van der Waals surface area contributed by atoms with Crippen molar-refractivity contribution >= 4 is 5.78 Å². The zero-order valence-electron chi connectivity index (χ0n) is 23.3. The summed E-state index contributed by atoms with van der Waals surface area (Å²) in [5, 5.41) is 34.1. The van der Waals surface area contributed by atoms with Gasteiger partial charge in [0, 0.05) is 34.8 Å². The quantitative estimate of drug-likeness (QED) is 0.553. The van der Waals surface area contributed by atoms with E-state index in [-0.39, 0.29) is 22.9 Å². The largest absolute Gasteiger partial charge is 0.465 e. The number of rotatable bonds is 5. The lowest BCUT2D eigenvalue weighted by Gasteiger charge is -2.60. The first-order valence-electron chi connectivity index (χ1n) is 13.2. The lowest BCUT2D eigenvalue weighted by molar-refractivity contribution is -0.450. The molecule has 2 saturated heterocycles.